The highest BCUT2D eigenvalue weighted by atomic mass is 31.2. The zero-order valence-electron chi connectivity index (χ0n) is 15.7. The third-order valence-electron chi connectivity index (χ3n) is 3.83. The molecule has 0 spiro atoms. The van der Waals surface area contributed by atoms with E-state index in [2.05, 4.69) is 22.7 Å². The molecular formula is C11H19N2O15P3. The molecule has 0 aliphatic carbocycles. The van der Waals surface area contributed by atoms with Crippen molar-refractivity contribution in [3.05, 3.63) is 32.6 Å². The summed E-state index contributed by atoms with van der Waals surface area (Å²) in [4.78, 5) is 43.7. The van der Waals surface area contributed by atoms with E-state index >= 15 is 0 Å². The Morgan fingerprint density at radius 2 is 1.87 bits per heavy atom. The van der Waals surface area contributed by atoms with E-state index in [1.807, 2.05) is 4.98 Å². The number of aliphatic hydroxyl groups is 2. The molecule has 7 atom stereocenters. The number of H-pyrrole nitrogens is 1. The summed E-state index contributed by atoms with van der Waals surface area (Å²) in [7, 11) is -11.7. The third kappa shape index (κ3) is 6.97. The quantitative estimate of drug-likeness (QED) is 0.135. The van der Waals surface area contributed by atoms with Gasteiger partial charge in [0, 0.05) is 20.4 Å². The Balaban J connectivity index is 1.99. The number of aryl methyl sites for hydroxylation is 1. The Morgan fingerprint density at radius 1 is 1.23 bits per heavy atom. The first-order chi connectivity index (χ1) is 14.3. The fourth-order valence-electron chi connectivity index (χ4n) is 2.34. The fraction of sp³-hybridized carbons (Fsp3) is 0.636. The summed E-state index contributed by atoms with van der Waals surface area (Å²) in [5.74, 6) is 0. The van der Waals surface area contributed by atoms with Crippen molar-refractivity contribution in [2.45, 2.75) is 24.4 Å². The van der Waals surface area contributed by atoms with E-state index in [1.165, 1.54) is 7.05 Å². The molecule has 5 N–H and O–H groups in total. The third-order valence-corrected chi connectivity index (χ3v) is 6.91. The van der Waals surface area contributed by atoms with Crippen LogP contribution >= 0.6 is 23.9 Å². The summed E-state index contributed by atoms with van der Waals surface area (Å²) in [5.41, 5.74) is -1.82. The number of phosphoric acid groups is 2. The molecule has 1 fully saturated rings. The number of rotatable bonds is 10. The molecule has 1 aliphatic heterocycles. The molecule has 20 heteroatoms. The van der Waals surface area contributed by atoms with Gasteiger partial charge in [0.15, 0.2) is 0 Å². The van der Waals surface area contributed by atoms with Crippen molar-refractivity contribution < 1.29 is 61.1 Å². The lowest BCUT2D eigenvalue weighted by Crippen LogP contribution is -2.35. The zero-order chi connectivity index (χ0) is 23.6. The first kappa shape index (κ1) is 26.2. The lowest BCUT2D eigenvalue weighted by molar-refractivity contribution is -0.126. The smallest absolute Gasteiger partial charge is 0.387 e. The Hall–Kier alpha value is -1.03. The van der Waals surface area contributed by atoms with Gasteiger partial charge in [-0.15, -0.1) is 9.35 Å². The minimum atomic E-state index is -5.12. The van der Waals surface area contributed by atoms with E-state index in [1.54, 1.807) is 0 Å². The van der Waals surface area contributed by atoms with Gasteiger partial charge in [0.2, 0.25) is 0 Å². The highest BCUT2D eigenvalue weighted by Crippen LogP contribution is 2.55. The Labute approximate surface area is 173 Å². The number of aliphatic hydroxyl groups excluding tert-OH is 2. The molecular weight excluding hydrogens is 493 g/mol. The maximum absolute atomic E-state index is 11.9. The van der Waals surface area contributed by atoms with Crippen LogP contribution in [0.5, 0.6) is 0 Å². The van der Waals surface area contributed by atoms with Crippen molar-refractivity contribution >= 4 is 23.9 Å². The van der Waals surface area contributed by atoms with Gasteiger partial charge < -0.3 is 29.3 Å². The first-order valence-electron chi connectivity index (χ1n) is 8.03. The van der Waals surface area contributed by atoms with Gasteiger partial charge >= 0.3 is 29.6 Å². The van der Waals surface area contributed by atoms with E-state index in [0.717, 1.165) is 17.9 Å². The highest BCUT2D eigenvalue weighted by molar-refractivity contribution is 7.56. The van der Waals surface area contributed by atoms with Gasteiger partial charge in [-0.1, -0.05) is 0 Å². The standard InChI is InChI=1S/C11H19N2O15P3/c1-13-3-5(10(16)12-11(13)17)9-8(15)7(14)6(25-9)4-24-31(21,22)28-29(18)26-27-30(19,20)23-2/h3,6-9,14-15,29H,4H2,1-2H3,(H,19,20)(H,21,22)(H,12,16,17). The van der Waals surface area contributed by atoms with Crippen LogP contribution < -0.4 is 11.2 Å². The Bertz CT molecular complexity index is 1020. The minimum absolute atomic E-state index is 0.207. The van der Waals surface area contributed by atoms with Gasteiger partial charge in [-0.2, -0.15) is 0 Å². The lowest BCUT2D eigenvalue weighted by atomic mass is 10.0. The van der Waals surface area contributed by atoms with E-state index in [0.29, 0.717) is 0 Å². The van der Waals surface area contributed by atoms with Crippen LogP contribution in [-0.4, -0.2) is 61.6 Å². The molecule has 0 amide bonds. The van der Waals surface area contributed by atoms with Crippen molar-refractivity contribution in [1.29, 1.82) is 0 Å². The number of hydrogen-bond donors (Lipinski definition) is 5. The average Bonchev–Trinajstić information content (AvgIpc) is 2.96. The van der Waals surface area contributed by atoms with Crippen LogP contribution in [0.25, 0.3) is 0 Å². The summed E-state index contributed by atoms with van der Waals surface area (Å²) >= 11 is 0. The minimum Gasteiger partial charge on any atom is -0.387 e. The molecule has 0 aromatic carbocycles. The van der Waals surface area contributed by atoms with Crippen LogP contribution in [0.3, 0.4) is 0 Å². The zero-order valence-corrected chi connectivity index (χ0v) is 18.5. The van der Waals surface area contributed by atoms with Gasteiger partial charge in [-0.25, -0.2) is 18.2 Å². The number of nitrogens with zero attached hydrogens (tertiary/aromatic N) is 1. The molecule has 31 heavy (non-hydrogen) atoms. The van der Waals surface area contributed by atoms with Gasteiger partial charge in [0.1, 0.15) is 24.4 Å². The number of aromatic amines is 1. The molecule has 2 rings (SSSR count). The second-order valence-corrected chi connectivity index (χ2v) is 9.99. The average molecular weight is 512 g/mol. The van der Waals surface area contributed by atoms with Crippen molar-refractivity contribution in [2.24, 2.45) is 7.05 Å². The fourth-order valence-corrected chi connectivity index (χ4v) is 4.44. The van der Waals surface area contributed by atoms with Gasteiger partial charge in [-0.05, 0) is 0 Å². The number of hydrogen-bond acceptors (Lipinski definition) is 13. The van der Waals surface area contributed by atoms with E-state index < -0.39 is 66.2 Å². The van der Waals surface area contributed by atoms with Gasteiger partial charge in [0.25, 0.3) is 5.56 Å². The number of aromatic nitrogens is 2. The maximum atomic E-state index is 11.9. The summed E-state index contributed by atoms with van der Waals surface area (Å²) in [5, 5.41) is 20.2. The van der Waals surface area contributed by atoms with Crippen LogP contribution in [0, 0.1) is 0 Å². The Kier molecular flexibility index (Phi) is 8.69. The maximum Gasteiger partial charge on any atom is 0.499 e. The van der Waals surface area contributed by atoms with Crippen LogP contribution in [0.1, 0.15) is 11.7 Å². The second kappa shape index (κ2) is 10.3. The molecule has 178 valence electrons. The molecule has 1 aromatic rings. The number of nitrogens with one attached hydrogen (secondary N) is 1. The Morgan fingerprint density at radius 3 is 2.48 bits per heavy atom. The summed E-state index contributed by atoms with van der Waals surface area (Å²) in [6, 6.07) is 0. The summed E-state index contributed by atoms with van der Waals surface area (Å²) in [6.07, 6.45) is -5.16. The van der Waals surface area contributed by atoms with Gasteiger partial charge in [-0.3, -0.25) is 23.4 Å². The monoisotopic (exact) mass is 512 g/mol. The molecule has 1 saturated heterocycles. The number of ether oxygens (including phenoxy) is 1. The first-order valence-corrected chi connectivity index (χ1v) is 12.2. The van der Waals surface area contributed by atoms with Crippen LogP contribution in [0.15, 0.2) is 15.8 Å². The SMILES string of the molecule is COP(=O)(O)OO[PH](=O)OP(=O)(O)OCC1OC(c2cn(C)c(=O)[nH]c2=O)C(O)C1O. The molecule has 0 radical (unpaired) electrons. The molecule has 2 heterocycles. The normalized spacial score (nSPS) is 28.7. The van der Waals surface area contributed by atoms with Crippen molar-refractivity contribution in [1.82, 2.24) is 9.55 Å². The molecule has 0 saturated carbocycles. The predicted molar refractivity (Wildman–Crippen MR) is 96.8 cm³/mol. The van der Waals surface area contributed by atoms with Gasteiger partial charge in [0.05, 0.1) is 12.2 Å². The van der Waals surface area contributed by atoms with Crippen LogP contribution in [-0.2, 0) is 48.2 Å². The molecule has 1 aliphatic rings. The largest absolute Gasteiger partial charge is 0.499 e. The lowest BCUT2D eigenvalue weighted by Gasteiger charge is -2.17. The summed E-state index contributed by atoms with van der Waals surface area (Å²) in [6.45, 7) is -0.890. The molecule has 17 nitrogen and oxygen atoms in total. The summed E-state index contributed by atoms with van der Waals surface area (Å²) < 4.78 is 60.5. The van der Waals surface area contributed by atoms with Crippen molar-refractivity contribution in [3.8, 4) is 0 Å². The second-order valence-electron chi connectivity index (χ2n) is 5.95. The van der Waals surface area contributed by atoms with Crippen molar-refractivity contribution in [3.63, 3.8) is 0 Å². The van der Waals surface area contributed by atoms with Crippen LogP contribution in [0.4, 0.5) is 0 Å². The van der Waals surface area contributed by atoms with E-state index in [9.17, 15) is 38.4 Å². The molecule has 1 aromatic heterocycles. The highest BCUT2D eigenvalue weighted by Gasteiger charge is 2.45. The van der Waals surface area contributed by atoms with Crippen LogP contribution in [0.2, 0.25) is 0 Å². The number of phosphoric ester groups is 2. The van der Waals surface area contributed by atoms with E-state index in [-0.39, 0.29) is 5.56 Å². The van der Waals surface area contributed by atoms with Crippen molar-refractivity contribution in [2.75, 3.05) is 13.7 Å². The molecule has 7 unspecified atom stereocenters. The van der Waals surface area contributed by atoms with E-state index in [4.69, 9.17) is 9.63 Å². The topological polar surface area (TPSA) is 242 Å². The predicted octanol–water partition coefficient (Wildman–Crippen LogP) is -1.55. The molecule has 0 bridgehead atoms.